The first-order valence-corrected chi connectivity index (χ1v) is 9.57. The van der Waals surface area contributed by atoms with E-state index in [-0.39, 0.29) is 12.1 Å². The quantitative estimate of drug-likeness (QED) is 0.670. The Kier molecular flexibility index (Phi) is 6.19. The Balaban J connectivity index is 1.71. The fraction of sp³-hybridized carbons (Fsp3) is 0.364. The molecule has 148 valence electrons. The highest BCUT2D eigenvalue weighted by atomic mass is 16.3. The maximum absolute atomic E-state index is 13.0. The first-order valence-electron chi connectivity index (χ1n) is 9.57. The van der Waals surface area contributed by atoms with Gasteiger partial charge in [-0.05, 0) is 44.9 Å². The van der Waals surface area contributed by atoms with Gasteiger partial charge < -0.3 is 14.6 Å². The van der Waals surface area contributed by atoms with Gasteiger partial charge in [-0.3, -0.25) is 4.68 Å². The normalized spacial score (nSPS) is 12.0. The molecular formula is C22H28N4O2. The van der Waals surface area contributed by atoms with E-state index in [1.807, 2.05) is 62.8 Å². The van der Waals surface area contributed by atoms with E-state index in [1.165, 1.54) is 5.56 Å². The van der Waals surface area contributed by atoms with Gasteiger partial charge in [0, 0.05) is 24.8 Å². The van der Waals surface area contributed by atoms with Crippen LogP contribution in [0.2, 0.25) is 0 Å². The molecule has 1 aromatic carbocycles. The second-order valence-corrected chi connectivity index (χ2v) is 7.12. The van der Waals surface area contributed by atoms with Crippen molar-refractivity contribution in [1.82, 2.24) is 20.0 Å². The van der Waals surface area contributed by atoms with E-state index in [2.05, 4.69) is 22.5 Å². The van der Waals surface area contributed by atoms with E-state index >= 15 is 0 Å². The van der Waals surface area contributed by atoms with Crippen molar-refractivity contribution in [3.8, 4) is 0 Å². The smallest absolute Gasteiger partial charge is 0.318 e. The Morgan fingerprint density at radius 1 is 1.21 bits per heavy atom. The van der Waals surface area contributed by atoms with Crippen molar-refractivity contribution in [1.29, 1.82) is 0 Å². The summed E-state index contributed by atoms with van der Waals surface area (Å²) in [5.74, 6) is 0.768. The van der Waals surface area contributed by atoms with Gasteiger partial charge >= 0.3 is 6.03 Å². The minimum absolute atomic E-state index is 0.109. The zero-order chi connectivity index (χ0) is 20.1. The zero-order valence-electron chi connectivity index (χ0n) is 17.0. The van der Waals surface area contributed by atoms with Gasteiger partial charge in [0.1, 0.15) is 5.76 Å². The molecule has 0 saturated carbocycles. The number of carbonyl (C=O) groups excluding carboxylic acids is 1. The minimum Gasteiger partial charge on any atom is -0.467 e. The van der Waals surface area contributed by atoms with Crippen LogP contribution in [-0.2, 0) is 20.0 Å². The maximum atomic E-state index is 13.0. The Bertz CT molecular complexity index is 900. The number of nitrogens with zero attached hydrogens (tertiary/aromatic N) is 3. The summed E-state index contributed by atoms with van der Waals surface area (Å²) >= 11 is 0. The number of furan rings is 1. The fourth-order valence-corrected chi connectivity index (χ4v) is 3.52. The molecule has 1 N–H and O–H groups in total. The van der Waals surface area contributed by atoms with Crippen molar-refractivity contribution >= 4 is 6.03 Å². The van der Waals surface area contributed by atoms with Crippen molar-refractivity contribution in [2.24, 2.45) is 7.05 Å². The molecule has 2 amide bonds. The van der Waals surface area contributed by atoms with Crippen LogP contribution < -0.4 is 5.32 Å². The number of urea groups is 1. The largest absolute Gasteiger partial charge is 0.467 e. The fourth-order valence-electron chi connectivity index (χ4n) is 3.52. The van der Waals surface area contributed by atoms with Gasteiger partial charge in [-0.15, -0.1) is 0 Å². The molecule has 0 aliphatic carbocycles. The molecule has 6 nitrogen and oxygen atoms in total. The highest BCUT2D eigenvalue weighted by molar-refractivity contribution is 5.74. The van der Waals surface area contributed by atoms with Crippen molar-refractivity contribution in [2.45, 2.75) is 39.8 Å². The van der Waals surface area contributed by atoms with Crippen molar-refractivity contribution in [2.75, 3.05) is 6.54 Å². The van der Waals surface area contributed by atoms with Crippen LogP contribution in [-0.4, -0.2) is 27.3 Å². The van der Waals surface area contributed by atoms with Gasteiger partial charge in [0.05, 0.1) is 24.5 Å². The minimum atomic E-state index is -0.128. The van der Waals surface area contributed by atoms with Crippen LogP contribution in [0.15, 0.2) is 53.1 Å². The molecule has 6 heteroatoms. The molecule has 3 aromatic rings. The number of rotatable bonds is 7. The number of hydrogen-bond donors (Lipinski definition) is 1. The summed E-state index contributed by atoms with van der Waals surface area (Å²) in [6.07, 6.45) is 2.42. The molecule has 28 heavy (non-hydrogen) atoms. The molecule has 0 unspecified atom stereocenters. The number of hydrogen-bond acceptors (Lipinski definition) is 3. The summed E-state index contributed by atoms with van der Waals surface area (Å²) in [7, 11) is 1.92. The molecule has 0 aliphatic heterocycles. The second-order valence-electron chi connectivity index (χ2n) is 7.12. The van der Waals surface area contributed by atoms with Crippen LogP contribution in [0.3, 0.4) is 0 Å². The Morgan fingerprint density at radius 2 is 1.96 bits per heavy atom. The van der Waals surface area contributed by atoms with Crippen molar-refractivity contribution in [3.05, 3.63) is 77.0 Å². The lowest BCUT2D eigenvalue weighted by molar-refractivity contribution is 0.187. The number of benzene rings is 1. The molecule has 3 rings (SSSR count). The lowest BCUT2D eigenvalue weighted by Gasteiger charge is -2.25. The number of aryl methyl sites for hydroxylation is 2. The first-order chi connectivity index (χ1) is 13.5. The summed E-state index contributed by atoms with van der Waals surface area (Å²) in [5, 5.41) is 7.59. The molecule has 0 spiro atoms. The maximum Gasteiger partial charge on any atom is 0.318 e. The lowest BCUT2D eigenvalue weighted by Crippen LogP contribution is -2.41. The molecule has 2 heterocycles. The van der Waals surface area contributed by atoms with E-state index < -0.39 is 0 Å². The van der Waals surface area contributed by atoms with E-state index in [0.717, 1.165) is 29.1 Å². The first kappa shape index (κ1) is 19.7. The highest BCUT2D eigenvalue weighted by Crippen LogP contribution is 2.21. The third kappa shape index (κ3) is 4.63. The zero-order valence-corrected chi connectivity index (χ0v) is 17.0. The monoisotopic (exact) mass is 380 g/mol. The topological polar surface area (TPSA) is 63.3 Å². The molecule has 0 bridgehead atoms. The number of carbonyl (C=O) groups is 1. The third-order valence-corrected chi connectivity index (χ3v) is 5.07. The number of nitrogens with one attached hydrogen (secondary N) is 1. The average molecular weight is 380 g/mol. The summed E-state index contributed by atoms with van der Waals surface area (Å²) < 4.78 is 7.31. The van der Waals surface area contributed by atoms with Gasteiger partial charge in [-0.25, -0.2) is 4.79 Å². The van der Waals surface area contributed by atoms with E-state index in [9.17, 15) is 4.79 Å². The van der Waals surface area contributed by atoms with Gasteiger partial charge in [-0.2, -0.15) is 5.10 Å². The molecule has 0 saturated heterocycles. The molecule has 2 aromatic heterocycles. The molecular weight excluding hydrogens is 352 g/mol. The van der Waals surface area contributed by atoms with Crippen LogP contribution in [0.5, 0.6) is 0 Å². The SMILES string of the molecule is Cc1nn(C)c(C)c1[C@@H](C)NC(=O)N(CCc1ccccc1)Cc1ccco1. The summed E-state index contributed by atoms with van der Waals surface area (Å²) in [6.45, 7) is 7.03. The molecule has 0 fully saturated rings. The predicted octanol–water partition coefficient (Wildman–Crippen LogP) is 4.15. The summed E-state index contributed by atoms with van der Waals surface area (Å²) in [5.41, 5.74) is 4.27. The Hall–Kier alpha value is -3.02. The second kappa shape index (κ2) is 8.78. The van der Waals surface area contributed by atoms with E-state index in [0.29, 0.717) is 13.1 Å². The van der Waals surface area contributed by atoms with Crippen LogP contribution in [0.1, 0.15) is 41.2 Å². The van der Waals surface area contributed by atoms with Crippen molar-refractivity contribution in [3.63, 3.8) is 0 Å². The predicted molar refractivity (Wildman–Crippen MR) is 109 cm³/mol. The Morgan fingerprint density at radius 3 is 2.57 bits per heavy atom. The van der Waals surface area contributed by atoms with Crippen LogP contribution >= 0.6 is 0 Å². The van der Waals surface area contributed by atoms with E-state index in [1.54, 1.807) is 11.2 Å². The van der Waals surface area contributed by atoms with Crippen molar-refractivity contribution < 1.29 is 9.21 Å². The van der Waals surface area contributed by atoms with Crippen LogP contribution in [0.25, 0.3) is 0 Å². The van der Waals surface area contributed by atoms with Gasteiger partial charge in [0.15, 0.2) is 0 Å². The van der Waals surface area contributed by atoms with Crippen LogP contribution in [0, 0.1) is 13.8 Å². The summed E-state index contributed by atoms with van der Waals surface area (Å²) in [6, 6.07) is 13.7. The Labute approximate surface area is 166 Å². The molecule has 1 atom stereocenters. The van der Waals surface area contributed by atoms with E-state index in [4.69, 9.17) is 4.42 Å². The summed E-state index contributed by atoms with van der Waals surface area (Å²) in [4.78, 5) is 14.8. The average Bonchev–Trinajstić information content (AvgIpc) is 3.27. The number of aromatic nitrogens is 2. The van der Waals surface area contributed by atoms with Gasteiger partial charge in [0.25, 0.3) is 0 Å². The van der Waals surface area contributed by atoms with Gasteiger partial charge in [0.2, 0.25) is 0 Å². The standard InChI is InChI=1S/C22H28N4O2/c1-16(21-17(2)24-25(4)18(21)3)23-22(27)26(15-20-11-8-14-28-20)13-12-19-9-6-5-7-10-19/h5-11,14,16H,12-13,15H2,1-4H3,(H,23,27)/t16-/m1/s1. The third-order valence-electron chi connectivity index (χ3n) is 5.07. The molecule has 0 aliphatic rings. The van der Waals surface area contributed by atoms with Gasteiger partial charge in [-0.1, -0.05) is 30.3 Å². The molecule has 0 radical (unpaired) electrons. The van der Waals surface area contributed by atoms with Crippen LogP contribution in [0.4, 0.5) is 4.79 Å². The lowest BCUT2D eigenvalue weighted by atomic mass is 10.1. The highest BCUT2D eigenvalue weighted by Gasteiger charge is 2.22. The number of amides is 2.